The molecule has 0 amide bonds. The molecule has 0 saturated carbocycles. The van der Waals surface area contributed by atoms with Crippen LogP contribution in [0.1, 0.15) is 13.3 Å². The third-order valence-corrected chi connectivity index (χ3v) is 1.05. The minimum atomic E-state index is -1.12. The molecule has 0 rings (SSSR count). The highest BCUT2D eigenvalue weighted by molar-refractivity contribution is 6.67. The van der Waals surface area contributed by atoms with Gasteiger partial charge in [-0.25, -0.2) is 0 Å². The molecule has 8 heavy (non-hydrogen) atoms. The van der Waals surface area contributed by atoms with E-state index in [1.54, 1.807) is 0 Å². The maximum Gasteiger partial charge on any atom is 0.194 e. The molecule has 0 unspecified atom stereocenters. The van der Waals surface area contributed by atoms with Gasteiger partial charge in [0.15, 0.2) is 3.79 Å². The number of hydrogen-bond acceptors (Lipinski definition) is 0. The Hall–Kier alpha value is 0.610. The van der Waals surface area contributed by atoms with Crippen LogP contribution in [0.2, 0.25) is 0 Å². The van der Waals surface area contributed by atoms with E-state index in [1.165, 1.54) is 0 Å². The van der Waals surface area contributed by atoms with Crippen LogP contribution in [0.3, 0.4) is 0 Å². The van der Waals surface area contributed by atoms with E-state index in [0.717, 1.165) is 0 Å². The zero-order valence-corrected chi connectivity index (χ0v) is 6.76. The lowest BCUT2D eigenvalue weighted by molar-refractivity contribution is 1.07. The summed E-state index contributed by atoms with van der Waals surface area (Å²) >= 11 is 16.2. The highest BCUT2D eigenvalue weighted by Crippen LogP contribution is 2.29. The Labute approximate surface area is 64.4 Å². The van der Waals surface area contributed by atoms with Gasteiger partial charge in [0, 0.05) is 6.42 Å². The highest BCUT2D eigenvalue weighted by Gasteiger charge is 2.15. The first-order chi connectivity index (χ1) is 3.56. The lowest BCUT2D eigenvalue weighted by Crippen LogP contribution is -1.97. The van der Waals surface area contributed by atoms with Crippen molar-refractivity contribution in [1.82, 2.24) is 0 Å². The van der Waals surface area contributed by atoms with Gasteiger partial charge >= 0.3 is 0 Å². The number of hydrogen-bond donors (Lipinski definition) is 0. The fourth-order valence-electron chi connectivity index (χ4n) is 0.251. The molecule has 0 atom stereocenters. The molecule has 3 heteroatoms. The summed E-state index contributed by atoms with van der Waals surface area (Å²) in [6.45, 7) is 1.89. The van der Waals surface area contributed by atoms with Crippen LogP contribution in [0, 0.1) is 0 Å². The molecule has 0 aromatic heterocycles. The number of halogens is 3. The Kier molecular flexibility index (Phi) is 3.87. The predicted octanol–water partition coefficient (Wildman–Crippen LogP) is 3.32. The fourth-order valence-corrected chi connectivity index (χ4v) is 0.519. The quantitative estimate of drug-likeness (QED) is 0.421. The summed E-state index contributed by atoms with van der Waals surface area (Å²) in [6.07, 6.45) is 4.14. The molecular weight excluding hydrogens is 166 g/mol. The Morgan fingerprint density at radius 2 is 1.88 bits per heavy atom. The Morgan fingerprint density at radius 1 is 1.38 bits per heavy atom. The molecule has 48 valence electrons. The maximum atomic E-state index is 5.39. The third-order valence-electron chi connectivity index (χ3n) is 0.585. The van der Waals surface area contributed by atoms with E-state index < -0.39 is 3.79 Å². The van der Waals surface area contributed by atoms with Crippen LogP contribution in [0.4, 0.5) is 0 Å². The standard InChI is InChI=1S/C5H7Cl3/c1-2-3-4-5(6,7)8/h2-3H,4H2,1H3/b3-2+. The van der Waals surface area contributed by atoms with E-state index in [9.17, 15) is 0 Å². The topological polar surface area (TPSA) is 0 Å². The normalized spacial score (nSPS) is 13.0. The average molecular weight is 173 g/mol. The zero-order chi connectivity index (χ0) is 6.62. The Balaban J connectivity index is 3.39. The lowest BCUT2D eigenvalue weighted by Gasteiger charge is -2.04. The van der Waals surface area contributed by atoms with Crippen molar-refractivity contribution < 1.29 is 0 Å². The van der Waals surface area contributed by atoms with E-state index in [-0.39, 0.29) is 0 Å². The van der Waals surface area contributed by atoms with Gasteiger partial charge in [-0.1, -0.05) is 47.0 Å². The van der Waals surface area contributed by atoms with Crippen molar-refractivity contribution in [2.24, 2.45) is 0 Å². The van der Waals surface area contributed by atoms with Gasteiger partial charge in [0.25, 0.3) is 0 Å². The summed E-state index contributed by atoms with van der Waals surface area (Å²) in [5.74, 6) is 0. The molecule has 0 aliphatic heterocycles. The molecule has 0 aliphatic carbocycles. The molecule has 0 aromatic carbocycles. The molecule has 0 radical (unpaired) electrons. The minimum Gasteiger partial charge on any atom is -0.0915 e. The number of alkyl halides is 3. The van der Waals surface area contributed by atoms with E-state index >= 15 is 0 Å². The summed E-state index contributed by atoms with van der Waals surface area (Å²) < 4.78 is -1.12. The average Bonchev–Trinajstić information content (AvgIpc) is 1.59. The van der Waals surface area contributed by atoms with E-state index in [0.29, 0.717) is 6.42 Å². The second kappa shape index (κ2) is 3.60. The van der Waals surface area contributed by atoms with Gasteiger partial charge in [0.1, 0.15) is 0 Å². The first kappa shape index (κ1) is 8.61. The first-order valence-electron chi connectivity index (χ1n) is 2.24. The van der Waals surface area contributed by atoms with Gasteiger partial charge in [-0.3, -0.25) is 0 Å². The van der Waals surface area contributed by atoms with Crippen molar-refractivity contribution in [1.29, 1.82) is 0 Å². The molecule has 0 saturated heterocycles. The third kappa shape index (κ3) is 6.61. The molecule has 0 N–H and O–H groups in total. The molecular formula is C5H7Cl3. The van der Waals surface area contributed by atoms with Gasteiger partial charge in [-0.2, -0.15) is 0 Å². The van der Waals surface area contributed by atoms with E-state index in [2.05, 4.69) is 0 Å². The lowest BCUT2D eigenvalue weighted by atomic mass is 10.4. The molecule has 0 bridgehead atoms. The van der Waals surface area contributed by atoms with Crippen molar-refractivity contribution in [3.8, 4) is 0 Å². The highest BCUT2D eigenvalue weighted by atomic mass is 35.6. The second-order valence-electron chi connectivity index (χ2n) is 1.39. The molecule has 0 fully saturated rings. The molecule has 0 aromatic rings. The Morgan fingerprint density at radius 3 is 2.00 bits per heavy atom. The smallest absolute Gasteiger partial charge is 0.0915 e. The van der Waals surface area contributed by atoms with Crippen LogP contribution in [0.15, 0.2) is 12.2 Å². The molecule has 0 heterocycles. The summed E-state index contributed by atoms with van der Waals surface area (Å²) in [6, 6.07) is 0. The van der Waals surface area contributed by atoms with Gasteiger partial charge < -0.3 is 0 Å². The van der Waals surface area contributed by atoms with Crippen molar-refractivity contribution in [2.45, 2.75) is 17.1 Å². The van der Waals surface area contributed by atoms with Crippen LogP contribution >= 0.6 is 34.8 Å². The van der Waals surface area contributed by atoms with Crippen LogP contribution in [-0.2, 0) is 0 Å². The van der Waals surface area contributed by atoms with Gasteiger partial charge in [-0.05, 0) is 6.92 Å². The summed E-state index contributed by atoms with van der Waals surface area (Å²) in [5, 5.41) is 0. The SMILES string of the molecule is C/C=C/CC(Cl)(Cl)Cl. The van der Waals surface area contributed by atoms with E-state index in [1.807, 2.05) is 19.1 Å². The van der Waals surface area contributed by atoms with E-state index in [4.69, 9.17) is 34.8 Å². The van der Waals surface area contributed by atoms with Crippen LogP contribution in [-0.4, -0.2) is 3.79 Å². The second-order valence-corrected chi connectivity index (χ2v) is 3.90. The van der Waals surface area contributed by atoms with Crippen LogP contribution < -0.4 is 0 Å². The predicted molar refractivity (Wildman–Crippen MR) is 39.7 cm³/mol. The molecule has 0 nitrogen and oxygen atoms in total. The van der Waals surface area contributed by atoms with Crippen molar-refractivity contribution in [3.63, 3.8) is 0 Å². The largest absolute Gasteiger partial charge is 0.194 e. The molecule has 0 spiro atoms. The van der Waals surface area contributed by atoms with Crippen LogP contribution in [0.25, 0.3) is 0 Å². The summed E-state index contributed by atoms with van der Waals surface area (Å²) in [7, 11) is 0. The zero-order valence-electron chi connectivity index (χ0n) is 4.50. The first-order valence-corrected chi connectivity index (χ1v) is 3.37. The Bertz CT molecular complexity index is 80.2. The summed E-state index contributed by atoms with van der Waals surface area (Å²) in [5.41, 5.74) is 0. The fraction of sp³-hybridized carbons (Fsp3) is 0.600. The molecule has 0 aliphatic rings. The number of rotatable bonds is 1. The summed E-state index contributed by atoms with van der Waals surface area (Å²) in [4.78, 5) is 0. The van der Waals surface area contributed by atoms with Crippen molar-refractivity contribution in [3.05, 3.63) is 12.2 Å². The monoisotopic (exact) mass is 172 g/mol. The number of allylic oxidation sites excluding steroid dienone is 2. The van der Waals surface area contributed by atoms with Gasteiger partial charge in [-0.15, -0.1) is 0 Å². The minimum absolute atomic E-state index is 0.480. The maximum absolute atomic E-state index is 5.39. The van der Waals surface area contributed by atoms with Gasteiger partial charge in [0.2, 0.25) is 0 Å². The van der Waals surface area contributed by atoms with Crippen molar-refractivity contribution >= 4 is 34.8 Å². The van der Waals surface area contributed by atoms with Gasteiger partial charge in [0.05, 0.1) is 0 Å². The van der Waals surface area contributed by atoms with Crippen LogP contribution in [0.5, 0.6) is 0 Å². The van der Waals surface area contributed by atoms with Crippen molar-refractivity contribution in [2.75, 3.05) is 0 Å².